The first kappa shape index (κ1) is 11.7. The summed E-state index contributed by atoms with van der Waals surface area (Å²) in [5.41, 5.74) is 7.86. The number of nitrogens with two attached hydrogens (primary N) is 1. The van der Waals surface area contributed by atoms with Crippen molar-refractivity contribution in [3.8, 4) is 5.75 Å². The molecule has 0 radical (unpaired) electrons. The molecule has 0 aliphatic heterocycles. The Bertz CT molecular complexity index is 537. The maximum Gasteiger partial charge on any atom is 0.128 e. The van der Waals surface area contributed by atoms with Crippen molar-refractivity contribution in [2.45, 2.75) is 6.54 Å². The summed E-state index contributed by atoms with van der Waals surface area (Å²) in [6.45, 7) is 0.792. The van der Waals surface area contributed by atoms with Crippen LogP contribution in [0.25, 0.3) is 10.9 Å². The highest BCUT2D eigenvalue weighted by molar-refractivity contribution is 5.82. The van der Waals surface area contributed by atoms with Crippen LogP contribution in [0.4, 0.5) is 5.82 Å². The van der Waals surface area contributed by atoms with Gasteiger partial charge >= 0.3 is 0 Å². The third kappa shape index (κ3) is 2.47. The first-order valence-electron chi connectivity index (χ1n) is 5.48. The van der Waals surface area contributed by atoms with Crippen LogP contribution < -0.4 is 10.5 Å². The molecule has 1 aromatic carbocycles. The number of nitrogens with zero attached hydrogens (tertiary/aromatic N) is 2. The normalized spacial score (nSPS) is 11.1. The zero-order chi connectivity index (χ0) is 12.4. The van der Waals surface area contributed by atoms with E-state index in [0.717, 1.165) is 28.8 Å². The molecule has 4 nitrogen and oxygen atoms in total. The van der Waals surface area contributed by atoms with E-state index in [9.17, 15) is 0 Å². The summed E-state index contributed by atoms with van der Waals surface area (Å²) in [6.07, 6.45) is 0. The number of rotatable bonds is 3. The fourth-order valence-corrected chi connectivity index (χ4v) is 1.80. The van der Waals surface area contributed by atoms with Gasteiger partial charge in [0.05, 0.1) is 12.6 Å². The van der Waals surface area contributed by atoms with E-state index in [0.29, 0.717) is 5.82 Å². The molecule has 2 N–H and O–H groups in total. The summed E-state index contributed by atoms with van der Waals surface area (Å²) in [5, 5.41) is 1.08. The van der Waals surface area contributed by atoms with Crippen LogP contribution in [-0.4, -0.2) is 31.1 Å². The molecule has 0 aliphatic rings. The molecule has 0 bridgehead atoms. The van der Waals surface area contributed by atoms with Crippen molar-refractivity contribution in [2.75, 3.05) is 26.9 Å². The Balaban J connectivity index is 2.50. The number of anilines is 1. The molecular formula is C13H17N3O. The van der Waals surface area contributed by atoms with E-state index in [-0.39, 0.29) is 0 Å². The fraction of sp³-hybridized carbons (Fsp3) is 0.308. The van der Waals surface area contributed by atoms with E-state index in [1.807, 2.05) is 32.3 Å². The number of ether oxygens (including phenoxy) is 1. The van der Waals surface area contributed by atoms with Gasteiger partial charge in [-0.15, -0.1) is 0 Å². The first-order valence-corrected chi connectivity index (χ1v) is 5.48. The predicted molar refractivity (Wildman–Crippen MR) is 70.1 cm³/mol. The van der Waals surface area contributed by atoms with E-state index in [2.05, 4.69) is 16.0 Å². The van der Waals surface area contributed by atoms with Gasteiger partial charge < -0.3 is 15.4 Å². The highest BCUT2D eigenvalue weighted by Gasteiger charge is 2.06. The molecule has 0 amide bonds. The van der Waals surface area contributed by atoms with Gasteiger partial charge in [-0.2, -0.15) is 0 Å². The van der Waals surface area contributed by atoms with Crippen molar-refractivity contribution in [3.63, 3.8) is 0 Å². The lowest BCUT2D eigenvalue weighted by Gasteiger charge is -2.12. The molecule has 1 heterocycles. The van der Waals surface area contributed by atoms with Gasteiger partial charge in [0.2, 0.25) is 0 Å². The lowest BCUT2D eigenvalue weighted by Crippen LogP contribution is -2.12. The second kappa shape index (κ2) is 4.59. The van der Waals surface area contributed by atoms with Crippen molar-refractivity contribution in [3.05, 3.63) is 29.8 Å². The van der Waals surface area contributed by atoms with Crippen molar-refractivity contribution < 1.29 is 4.74 Å². The van der Waals surface area contributed by atoms with E-state index in [1.54, 1.807) is 7.11 Å². The lowest BCUT2D eigenvalue weighted by molar-refractivity contribution is 0.403. The summed E-state index contributed by atoms with van der Waals surface area (Å²) in [7, 11) is 5.67. The Morgan fingerprint density at radius 1 is 1.29 bits per heavy atom. The van der Waals surface area contributed by atoms with Crippen LogP contribution in [0.3, 0.4) is 0 Å². The summed E-state index contributed by atoms with van der Waals surface area (Å²) >= 11 is 0. The molecule has 0 aliphatic carbocycles. The van der Waals surface area contributed by atoms with Crippen LogP contribution in [-0.2, 0) is 6.54 Å². The van der Waals surface area contributed by atoms with Crippen molar-refractivity contribution in [1.29, 1.82) is 0 Å². The van der Waals surface area contributed by atoms with E-state index >= 15 is 0 Å². The van der Waals surface area contributed by atoms with Gasteiger partial charge in [-0.3, -0.25) is 0 Å². The van der Waals surface area contributed by atoms with Crippen molar-refractivity contribution in [2.24, 2.45) is 0 Å². The molecule has 2 rings (SSSR count). The van der Waals surface area contributed by atoms with Gasteiger partial charge in [-0.05, 0) is 32.3 Å². The van der Waals surface area contributed by atoms with E-state index < -0.39 is 0 Å². The zero-order valence-corrected chi connectivity index (χ0v) is 10.4. The minimum absolute atomic E-state index is 0.583. The number of benzene rings is 1. The highest BCUT2D eigenvalue weighted by atomic mass is 16.5. The summed E-state index contributed by atoms with van der Waals surface area (Å²) in [5.74, 6) is 1.38. The van der Waals surface area contributed by atoms with Gasteiger partial charge in [-0.25, -0.2) is 4.98 Å². The molecule has 0 saturated carbocycles. The molecule has 2 aromatic rings. The number of hydrogen-bond donors (Lipinski definition) is 1. The molecule has 4 heteroatoms. The molecule has 90 valence electrons. The average molecular weight is 231 g/mol. The smallest absolute Gasteiger partial charge is 0.128 e. The summed E-state index contributed by atoms with van der Waals surface area (Å²) < 4.78 is 5.17. The zero-order valence-electron chi connectivity index (χ0n) is 10.4. The maximum atomic E-state index is 5.95. The number of nitrogen functional groups attached to an aromatic ring is 1. The summed E-state index contributed by atoms with van der Waals surface area (Å²) in [6, 6.07) is 7.90. The topological polar surface area (TPSA) is 51.4 Å². The number of fused-ring (bicyclic) bond motifs is 1. The fourth-order valence-electron chi connectivity index (χ4n) is 1.80. The Hall–Kier alpha value is -1.81. The van der Waals surface area contributed by atoms with Gasteiger partial charge in [0.25, 0.3) is 0 Å². The van der Waals surface area contributed by atoms with Crippen LogP contribution in [0.15, 0.2) is 24.3 Å². The number of aromatic nitrogens is 1. The van der Waals surface area contributed by atoms with Gasteiger partial charge in [-0.1, -0.05) is 0 Å². The van der Waals surface area contributed by atoms with Crippen molar-refractivity contribution >= 4 is 16.7 Å². The quantitative estimate of drug-likeness (QED) is 0.876. The molecule has 1 aromatic heterocycles. The Kier molecular flexibility index (Phi) is 3.15. The Morgan fingerprint density at radius 3 is 2.71 bits per heavy atom. The molecular weight excluding hydrogens is 214 g/mol. The molecule has 0 spiro atoms. The Morgan fingerprint density at radius 2 is 2.06 bits per heavy atom. The standard InChI is InChI=1S/C13H17N3O/c1-16(2)8-10-6-9-4-5-11(17-3)7-12(9)15-13(10)14/h4-7H,8H2,1-3H3,(H2,14,15). The van der Waals surface area contributed by atoms with Crippen LogP contribution >= 0.6 is 0 Å². The Labute approximate surface area is 101 Å². The summed E-state index contributed by atoms with van der Waals surface area (Å²) in [4.78, 5) is 6.48. The molecule has 0 fully saturated rings. The highest BCUT2D eigenvalue weighted by Crippen LogP contribution is 2.23. The third-order valence-corrected chi connectivity index (χ3v) is 2.62. The van der Waals surface area contributed by atoms with E-state index in [1.165, 1.54) is 0 Å². The second-order valence-corrected chi connectivity index (χ2v) is 4.33. The van der Waals surface area contributed by atoms with Crippen molar-refractivity contribution in [1.82, 2.24) is 9.88 Å². The molecule has 17 heavy (non-hydrogen) atoms. The van der Waals surface area contributed by atoms with Crippen LogP contribution in [0.1, 0.15) is 5.56 Å². The number of methoxy groups -OCH3 is 1. The average Bonchev–Trinajstić information content (AvgIpc) is 2.29. The molecule has 0 saturated heterocycles. The van der Waals surface area contributed by atoms with Gasteiger partial charge in [0.1, 0.15) is 11.6 Å². The largest absolute Gasteiger partial charge is 0.497 e. The molecule has 0 atom stereocenters. The second-order valence-electron chi connectivity index (χ2n) is 4.33. The maximum absolute atomic E-state index is 5.95. The SMILES string of the molecule is COc1ccc2cc(CN(C)C)c(N)nc2c1. The lowest BCUT2D eigenvalue weighted by atomic mass is 10.1. The minimum Gasteiger partial charge on any atom is -0.497 e. The van der Waals surface area contributed by atoms with E-state index in [4.69, 9.17) is 10.5 Å². The monoisotopic (exact) mass is 231 g/mol. The third-order valence-electron chi connectivity index (χ3n) is 2.62. The minimum atomic E-state index is 0.583. The first-order chi connectivity index (χ1) is 8.10. The van der Waals surface area contributed by atoms with Crippen LogP contribution in [0.5, 0.6) is 5.75 Å². The molecule has 0 unspecified atom stereocenters. The van der Waals surface area contributed by atoms with Crippen LogP contribution in [0, 0.1) is 0 Å². The van der Waals surface area contributed by atoms with Gasteiger partial charge in [0.15, 0.2) is 0 Å². The predicted octanol–water partition coefficient (Wildman–Crippen LogP) is 1.89. The number of pyridine rings is 1. The van der Waals surface area contributed by atoms with Gasteiger partial charge in [0, 0.05) is 23.6 Å². The number of hydrogen-bond acceptors (Lipinski definition) is 4. The van der Waals surface area contributed by atoms with Crippen LogP contribution in [0.2, 0.25) is 0 Å².